The Bertz CT molecular complexity index is 529. The number of hydrogen-bond donors (Lipinski definition) is 1. The van der Waals surface area contributed by atoms with Crippen molar-refractivity contribution in [3.63, 3.8) is 0 Å². The van der Waals surface area contributed by atoms with E-state index in [0.717, 1.165) is 12.8 Å². The topological polar surface area (TPSA) is 55.4 Å². The second-order valence-corrected chi connectivity index (χ2v) is 7.24. The van der Waals surface area contributed by atoms with E-state index in [2.05, 4.69) is 35.6 Å². The van der Waals surface area contributed by atoms with Crippen LogP contribution >= 0.6 is 0 Å². The number of aryl methyl sites for hydroxylation is 1. The van der Waals surface area contributed by atoms with Crippen LogP contribution in [0.2, 0.25) is 0 Å². The van der Waals surface area contributed by atoms with E-state index in [-0.39, 0.29) is 11.9 Å². The molecule has 0 spiro atoms. The average Bonchev–Trinajstić information content (AvgIpc) is 3.05. The van der Waals surface area contributed by atoms with Gasteiger partial charge in [-0.15, -0.1) is 0 Å². The van der Waals surface area contributed by atoms with E-state index in [1.165, 1.54) is 56.9 Å². The zero-order valence-electron chi connectivity index (χ0n) is 15.9. The van der Waals surface area contributed by atoms with Gasteiger partial charge in [-0.1, -0.05) is 75.3 Å². The van der Waals surface area contributed by atoms with Gasteiger partial charge < -0.3 is 10.1 Å². The Labute approximate surface area is 157 Å². The highest BCUT2D eigenvalue weighted by Crippen LogP contribution is 2.13. The number of nitrogens with one attached hydrogen (secondary N) is 1. The lowest BCUT2D eigenvalue weighted by Crippen LogP contribution is -2.37. The van der Waals surface area contributed by atoms with Gasteiger partial charge in [0.2, 0.25) is 5.91 Å². The highest BCUT2D eigenvalue weighted by Gasteiger charge is 2.27. The molecule has 1 aromatic rings. The summed E-state index contributed by atoms with van der Waals surface area (Å²) >= 11 is 0. The summed E-state index contributed by atoms with van der Waals surface area (Å²) in [6.07, 6.45) is 13.3. The standard InChI is InChI=1S/C22H33NO3/c24-21(23-20-17-18-26-22(20)25)16-12-7-5-3-1-2-4-6-9-13-19-14-10-8-11-15-19/h8,10-11,14-15,20H,1-7,9,12-13,16-18H2,(H,23,24)/t20-/m0/s1. The largest absolute Gasteiger partial charge is 0.464 e. The molecular weight excluding hydrogens is 326 g/mol. The smallest absolute Gasteiger partial charge is 0.328 e. The molecule has 26 heavy (non-hydrogen) atoms. The van der Waals surface area contributed by atoms with E-state index in [1.807, 2.05) is 0 Å². The van der Waals surface area contributed by atoms with E-state index in [1.54, 1.807) is 0 Å². The number of ether oxygens (including phenoxy) is 1. The van der Waals surface area contributed by atoms with Gasteiger partial charge in [0.1, 0.15) is 6.04 Å². The Balaban J connectivity index is 1.34. The molecule has 1 heterocycles. The first-order valence-corrected chi connectivity index (χ1v) is 10.3. The molecule has 1 N–H and O–H groups in total. The van der Waals surface area contributed by atoms with Crippen molar-refractivity contribution >= 4 is 11.9 Å². The van der Waals surface area contributed by atoms with Gasteiger partial charge >= 0.3 is 5.97 Å². The zero-order chi connectivity index (χ0) is 18.5. The van der Waals surface area contributed by atoms with Crippen molar-refractivity contribution in [1.29, 1.82) is 0 Å². The van der Waals surface area contributed by atoms with E-state index < -0.39 is 6.04 Å². The number of rotatable bonds is 13. The van der Waals surface area contributed by atoms with E-state index in [4.69, 9.17) is 4.74 Å². The Hall–Kier alpha value is -1.84. The lowest BCUT2D eigenvalue weighted by molar-refractivity contribution is -0.141. The number of cyclic esters (lactones) is 1. The third-order valence-electron chi connectivity index (χ3n) is 4.98. The summed E-state index contributed by atoms with van der Waals surface area (Å²) in [4.78, 5) is 23.1. The van der Waals surface area contributed by atoms with Crippen LogP contribution in [-0.4, -0.2) is 24.5 Å². The van der Waals surface area contributed by atoms with Crippen molar-refractivity contribution in [2.24, 2.45) is 0 Å². The van der Waals surface area contributed by atoms with Gasteiger partial charge in [0, 0.05) is 12.8 Å². The number of carbonyl (C=O) groups excluding carboxylic acids is 2. The van der Waals surface area contributed by atoms with Gasteiger partial charge in [-0.25, -0.2) is 4.79 Å². The Morgan fingerprint density at radius 1 is 0.923 bits per heavy atom. The van der Waals surface area contributed by atoms with Crippen LogP contribution in [0, 0.1) is 0 Å². The summed E-state index contributed by atoms with van der Waals surface area (Å²) in [7, 11) is 0. The van der Waals surface area contributed by atoms with E-state index in [9.17, 15) is 9.59 Å². The molecule has 0 radical (unpaired) electrons. The van der Waals surface area contributed by atoms with Crippen LogP contribution in [0.15, 0.2) is 30.3 Å². The first kappa shape index (κ1) is 20.5. The van der Waals surface area contributed by atoms with Crippen LogP contribution < -0.4 is 5.32 Å². The lowest BCUT2D eigenvalue weighted by atomic mass is 10.0. The molecule has 144 valence electrons. The van der Waals surface area contributed by atoms with Gasteiger partial charge in [0.05, 0.1) is 6.61 Å². The number of amides is 1. The minimum absolute atomic E-state index is 0.0210. The summed E-state index contributed by atoms with van der Waals surface area (Å²) in [5.74, 6) is -0.311. The average molecular weight is 360 g/mol. The number of esters is 1. The van der Waals surface area contributed by atoms with Crippen molar-refractivity contribution in [3.8, 4) is 0 Å². The fourth-order valence-corrected chi connectivity index (χ4v) is 3.39. The van der Waals surface area contributed by atoms with Crippen LogP contribution in [0.5, 0.6) is 0 Å². The van der Waals surface area contributed by atoms with Crippen LogP contribution in [-0.2, 0) is 20.7 Å². The third kappa shape index (κ3) is 8.50. The van der Waals surface area contributed by atoms with Crippen molar-refractivity contribution in [2.45, 2.75) is 83.1 Å². The molecular formula is C22H33NO3. The van der Waals surface area contributed by atoms with E-state index in [0.29, 0.717) is 19.4 Å². The molecule has 2 rings (SSSR count). The first-order valence-electron chi connectivity index (χ1n) is 10.3. The van der Waals surface area contributed by atoms with Crippen molar-refractivity contribution in [1.82, 2.24) is 5.32 Å². The molecule has 1 aromatic carbocycles. The predicted octanol–water partition coefficient (Wildman–Crippen LogP) is 4.56. The number of hydrogen-bond acceptors (Lipinski definition) is 3. The summed E-state index contributed by atoms with van der Waals surface area (Å²) in [5, 5.41) is 2.76. The van der Waals surface area contributed by atoms with Gasteiger partial charge in [-0.2, -0.15) is 0 Å². The summed E-state index contributed by atoms with van der Waals surface area (Å²) in [5.41, 5.74) is 1.45. The molecule has 0 unspecified atom stereocenters. The highest BCUT2D eigenvalue weighted by molar-refractivity contribution is 5.85. The van der Waals surface area contributed by atoms with Crippen LogP contribution in [0.1, 0.15) is 76.2 Å². The van der Waals surface area contributed by atoms with Crippen LogP contribution in [0.25, 0.3) is 0 Å². The molecule has 1 aliphatic rings. The minimum atomic E-state index is -0.413. The quantitative estimate of drug-likeness (QED) is 0.415. The Kier molecular flexibility index (Phi) is 9.84. The maximum absolute atomic E-state index is 11.8. The van der Waals surface area contributed by atoms with Crippen molar-refractivity contribution < 1.29 is 14.3 Å². The molecule has 1 amide bonds. The lowest BCUT2D eigenvalue weighted by Gasteiger charge is -2.08. The van der Waals surface area contributed by atoms with Gasteiger partial charge in [0.15, 0.2) is 0 Å². The molecule has 0 bridgehead atoms. The Morgan fingerprint density at radius 3 is 2.15 bits per heavy atom. The third-order valence-corrected chi connectivity index (χ3v) is 4.98. The fraction of sp³-hybridized carbons (Fsp3) is 0.636. The van der Waals surface area contributed by atoms with Gasteiger partial charge in [-0.3, -0.25) is 4.79 Å². The molecule has 0 aliphatic carbocycles. The molecule has 1 fully saturated rings. The summed E-state index contributed by atoms with van der Waals surface area (Å²) in [6.45, 7) is 0.427. The second-order valence-electron chi connectivity index (χ2n) is 7.24. The van der Waals surface area contributed by atoms with Crippen molar-refractivity contribution in [2.75, 3.05) is 6.61 Å². The van der Waals surface area contributed by atoms with Crippen LogP contribution in [0.3, 0.4) is 0 Å². The molecule has 0 saturated carbocycles. The van der Waals surface area contributed by atoms with Gasteiger partial charge in [-0.05, 0) is 24.8 Å². The normalized spacial score (nSPS) is 16.5. The minimum Gasteiger partial charge on any atom is -0.464 e. The molecule has 1 saturated heterocycles. The zero-order valence-corrected chi connectivity index (χ0v) is 15.9. The van der Waals surface area contributed by atoms with E-state index >= 15 is 0 Å². The molecule has 4 heteroatoms. The van der Waals surface area contributed by atoms with Crippen molar-refractivity contribution in [3.05, 3.63) is 35.9 Å². The maximum Gasteiger partial charge on any atom is 0.328 e. The number of benzene rings is 1. The molecule has 4 nitrogen and oxygen atoms in total. The maximum atomic E-state index is 11.8. The highest BCUT2D eigenvalue weighted by atomic mass is 16.5. The monoisotopic (exact) mass is 359 g/mol. The number of unbranched alkanes of at least 4 members (excludes halogenated alkanes) is 8. The number of carbonyl (C=O) groups is 2. The summed E-state index contributed by atoms with van der Waals surface area (Å²) in [6, 6.07) is 10.3. The molecule has 1 atom stereocenters. The molecule has 0 aromatic heterocycles. The predicted molar refractivity (Wildman–Crippen MR) is 104 cm³/mol. The Morgan fingerprint density at radius 2 is 1.54 bits per heavy atom. The van der Waals surface area contributed by atoms with Crippen LogP contribution in [0.4, 0.5) is 0 Å². The molecule has 1 aliphatic heterocycles. The second kappa shape index (κ2) is 12.5. The summed E-state index contributed by atoms with van der Waals surface area (Å²) < 4.78 is 4.84. The fourth-order valence-electron chi connectivity index (χ4n) is 3.39. The SMILES string of the molecule is O=C(CCCCCCCCCCCc1ccccc1)N[C@H]1CCOC1=O. The van der Waals surface area contributed by atoms with Gasteiger partial charge in [0.25, 0.3) is 0 Å². The first-order chi connectivity index (χ1) is 12.8.